The fourth-order valence-electron chi connectivity index (χ4n) is 3.57. The fourth-order valence-corrected chi connectivity index (χ4v) is 4.74. The summed E-state index contributed by atoms with van der Waals surface area (Å²) in [7, 11) is -3.20. The van der Waals surface area contributed by atoms with Crippen molar-refractivity contribution in [3.05, 3.63) is 60.1 Å². The number of aliphatic imine (C=N–C) groups is 1. The monoisotopic (exact) mass is 546 g/mol. The zero-order chi connectivity index (χ0) is 20.7. The Balaban J connectivity index is 0.00000320. The molecule has 9 heteroatoms. The Morgan fingerprint density at radius 2 is 2.03 bits per heavy atom. The molecule has 2 N–H and O–H groups in total. The first-order valence-electron chi connectivity index (χ1n) is 10.0. The Kier molecular flexibility index (Phi) is 9.63. The second-order valence-corrected chi connectivity index (χ2v) is 9.33. The maximum atomic E-state index is 12.0. The topological polar surface area (TPSA) is 86.9 Å². The summed E-state index contributed by atoms with van der Waals surface area (Å²) in [5.41, 5.74) is 1.16. The third kappa shape index (κ3) is 7.28. The number of nitrogens with one attached hydrogen (secondary N) is 2. The summed E-state index contributed by atoms with van der Waals surface area (Å²) in [6.45, 7) is 3.76. The summed E-state index contributed by atoms with van der Waals surface area (Å²) in [4.78, 5) is 4.71. The lowest BCUT2D eigenvalue weighted by Crippen LogP contribution is -2.42. The van der Waals surface area contributed by atoms with Crippen LogP contribution in [-0.2, 0) is 16.4 Å². The first kappa shape index (κ1) is 24.7. The maximum absolute atomic E-state index is 12.0. The van der Waals surface area contributed by atoms with Crippen molar-refractivity contribution < 1.29 is 12.8 Å². The molecule has 1 aliphatic rings. The van der Waals surface area contributed by atoms with Crippen LogP contribution in [0.3, 0.4) is 0 Å². The van der Waals surface area contributed by atoms with Gasteiger partial charge in [-0.05, 0) is 37.5 Å². The van der Waals surface area contributed by atoms with Crippen molar-refractivity contribution in [1.82, 2.24) is 14.9 Å². The summed E-state index contributed by atoms with van der Waals surface area (Å²) >= 11 is 0. The van der Waals surface area contributed by atoms with Gasteiger partial charge in [-0.15, -0.1) is 24.0 Å². The predicted octanol–water partition coefficient (Wildman–Crippen LogP) is 3.16. The lowest BCUT2D eigenvalue weighted by Gasteiger charge is -2.22. The van der Waals surface area contributed by atoms with Crippen LogP contribution in [0.25, 0.3) is 0 Å². The molecule has 0 aliphatic carbocycles. The van der Waals surface area contributed by atoms with Crippen molar-refractivity contribution in [2.45, 2.75) is 38.3 Å². The third-order valence-electron chi connectivity index (χ3n) is 5.11. The quantitative estimate of drug-likeness (QED) is 0.302. The van der Waals surface area contributed by atoms with Gasteiger partial charge in [-0.25, -0.2) is 8.42 Å². The van der Waals surface area contributed by atoms with E-state index in [2.05, 4.69) is 29.7 Å². The van der Waals surface area contributed by atoms with Crippen LogP contribution in [0, 0.1) is 0 Å². The van der Waals surface area contributed by atoms with Gasteiger partial charge in [0.15, 0.2) is 5.96 Å². The van der Waals surface area contributed by atoms with Crippen molar-refractivity contribution in [3.63, 3.8) is 0 Å². The second-order valence-electron chi connectivity index (χ2n) is 7.39. The Morgan fingerprint density at radius 1 is 1.27 bits per heavy atom. The van der Waals surface area contributed by atoms with E-state index in [-0.39, 0.29) is 36.1 Å². The molecule has 1 aromatic carbocycles. The molecule has 2 heterocycles. The molecule has 2 aromatic rings. The maximum Gasteiger partial charge on any atom is 0.211 e. The molecule has 0 radical (unpaired) electrons. The van der Waals surface area contributed by atoms with E-state index in [1.807, 2.05) is 30.3 Å². The summed E-state index contributed by atoms with van der Waals surface area (Å²) < 4.78 is 30.9. The zero-order valence-electron chi connectivity index (χ0n) is 17.5. The highest BCUT2D eigenvalue weighted by Crippen LogP contribution is 2.20. The molecule has 2 atom stereocenters. The average Bonchev–Trinajstić information content (AvgIpc) is 3.38. The number of hydrogen-bond acceptors (Lipinski definition) is 4. The van der Waals surface area contributed by atoms with Crippen LogP contribution in [0.5, 0.6) is 0 Å². The van der Waals surface area contributed by atoms with Gasteiger partial charge < -0.3 is 15.1 Å². The van der Waals surface area contributed by atoms with Crippen molar-refractivity contribution in [2.24, 2.45) is 4.99 Å². The number of nitrogens with zero attached hydrogens (tertiary/aromatic N) is 2. The molecule has 1 fully saturated rings. The molecular formula is C21H31IN4O3S. The average molecular weight is 546 g/mol. The Hall–Kier alpha value is -1.59. The van der Waals surface area contributed by atoms with Crippen LogP contribution in [0.15, 0.2) is 58.1 Å². The van der Waals surface area contributed by atoms with E-state index in [1.165, 1.54) is 6.26 Å². The molecule has 1 saturated heterocycles. The smallest absolute Gasteiger partial charge is 0.211 e. The number of benzene rings is 1. The SMILES string of the molecule is CC(NC(=NC[C@H]1CCCN1S(C)(=O)=O)NCCc1ccco1)c1ccccc1.I. The lowest BCUT2D eigenvalue weighted by atomic mass is 10.1. The van der Waals surface area contributed by atoms with Crippen molar-refractivity contribution in [1.29, 1.82) is 0 Å². The first-order chi connectivity index (χ1) is 13.9. The molecule has 0 saturated carbocycles. The molecule has 166 valence electrons. The van der Waals surface area contributed by atoms with E-state index in [1.54, 1.807) is 10.6 Å². The summed E-state index contributed by atoms with van der Waals surface area (Å²) in [6.07, 6.45) is 5.40. The number of halogens is 1. The molecular weight excluding hydrogens is 515 g/mol. The first-order valence-corrected chi connectivity index (χ1v) is 11.9. The minimum absolute atomic E-state index is 0. The van der Waals surface area contributed by atoms with E-state index >= 15 is 0 Å². The number of guanidine groups is 1. The van der Waals surface area contributed by atoms with Crippen LogP contribution in [0.1, 0.15) is 37.1 Å². The number of sulfonamides is 1. The van der Waals surface area contributed by atoms with E-state index in [0.717, 1.165) is 30.6 Å². The second kappa shape index (κ2) is 11.7. The Bertz CT molecular complexity index is 888. The minimum atomic E-state index is -3.20. The fraction of sp³-hybridized carbons (Fsp3) is 0.476. The van der Waals surface area contributed by atoms with Gasteiger partial charge in [0.05, 0.1) is 25.1 Å². The summed E-state index contributed by atoms with van der Waals surface area (Å²) in [5.74, 6) is 1.58. The molecule has 30 heavy (non-hydrogen) atoms. The van der Waals surface area contributed by atoms with E-state index in [9.17, 15) is 8.42 Å². The molecule has 1 unspecified atom stereocenters. The van der Waals surface area contributed by atoms with E-state index in [4.69, 9.17) is 9.41 Å². The highest BCUT2D eigenvalue weighted by molar-refractivity contribution is 14.0. The summed E-state index contributed by atoms with van der Waals surface area (Å²) in [6, 6.07) is 14.0. The highest BCUT2D eigenvalue weighted by Gasteiger charge is 2.31. The van der Waals surface area contributed by atoms with Crippen LogP contribution >= 0.6 is 24.0 Å². The summed E-state index contributed by atoms with van der Waals surface area (Å²) in [5, 5.41) is 6.78. The number of rotatable bonds is 8. The van der Waals surface area contributed by atoms with Crippen molar-refractivity contribution >= 4 is 40.0 Å². The third-order valence-corrected chi connectivity index (χ3v) is 6.44. The van der Waals surface area contributed by atoms with Gasteiger partial charge in [0, 0.05) is 25.6 Å². The van der Waals surface area contributed by atoms with E-state index < -0.39 is 10.0 Å². The Morgan fingerprint density at radius 3 is 2.70 bits per heavy atom. The minimum Gasteiger partial charge on any atom is -0.469 e. The Labute approximate surface area is 196 Å². The van der Waals surface area contributed by atoms with E-state index in [0.29, 0.717) is 25.6 Å². The van der Waals surface area contributed by atoms with Gasteiger partial charge in [0.2, 0.25) is 10.0 Å². The van der Waals surface area contributed by atoms with Gasteiger partial charge in [-0.1, -0.05) is 30.3 Å². The number of furan rings is 1. The standard InChI is InChI=1S/C21H30N4O3S.HI/c1-17(18-8-4-3-5-9-18)24-21(22-13-12-20-11-7-15-28-20)23-16-19-10-6-14-25(19)29(2,26)27;/h3-5,7-9,11,15,17,19H,6,10,12-14,16H2,1-2H3,(H2,22,23,24);1H/t17?,19-;/m1./s1. The molecule has 1 aliphatic heterocycles. The van der Waals surface area contributed by atoms with Crippen LogP contribution in [0.4, 0.5) is 0 Å². The van der Waals surface area contributed by atoms with Gasteiger partial charge in [0.25, 0.3) is 0 Å². The molecule has 1 aromatic heterocycles. The molecule has 7 nitrogen and oxygen atoms in total. The van der Waals surface area contributed by atoms with Gasteiger partial charge in [-0.2, -0.15) is 4.31 Å². The van der Waals surface area contributed by atoms with Gasteiger partial charge in [-0.3, -0.25) is 4.99 Å². The van der Waals surface area contributed by atoms with Gasteiger partial charge >= 0.3 is 0 Å². The molecule has 0 amide bonds. The molecule has 0 spiro atoms. The number of hydrogen-bond donors (Lipinski definition) is 2. The van der Waals surface area contributed by atoms with Crippen LogP contribution in [0.2, 0.25) is 0 Å². The van der Waals surface area contributed by atoms with Crippen LogP contribution < -0.4 is 10.6 Å². The van der Waals surface area contributed by atoms with Crippen molar-refractivity contribution in [2.75, 3.05) is 25.9 Å². The largest absolute Gasteiger partial charge is 0.469 e. The lowest BCUT2D eigenvalue weighted by molar-refractivity contribution is 0.396. The highest BCUT2D eigenvalue weighted by atomic mass is 127. The normalized spacial score (nSPS) is 18.6. The van der Waals surface area contributed by atoms with Crippen LogP contribution in [-0.4, -0.2) is 50.6 Å². The van der Waals surface area contributed by atoms with Gasteiger partial charge in [0.1, 0.15) is 5.76 Å². The van der Waals surface area contributed by atoms with Crippen molar-refractivity contribution in [3.8, 4) is 0 Å². The molecule has 3 rings (SSSR count). The predicted molar refractivity (Wildman–Crippen MR) is 131 cm³/mol. The zero-order valence-corrected chi connectivity index (χ0v) is 20.6. The molecule has 0 bridgehead atoms.